The van der Waals surface area contributed by atoms with Gasteiger partial charge in [-0.25, -0.2) is 0 Å². The Morgan fingerprint density at radius 2 is 1.81 bits per heavy atom. The zero-order chi connectivity index (χ0) is 15.2. The number of nitrogens with one attached hydrogen (secondary N) is 1. The number of nitro benzene ring substituents is 1. The molecule has 0 fully saturated rings. The highest BCUT2D eigenvalue weighted by atomic mass is 127. The van der Waals surface area contributed by atoms with Gasteiger partial charge in [-0.05, 0) is 52.7 Å². The van der Waals surface area contributed by atoms with Gasteiger partial charge in [-0.2, -0.15) is 0 Å². The minimum atomic E-state index is -0.387. The van der Waals surface area contributed by atoms with Crippen LogP contribution in [0, 0.1) is 13.7 Å². The molecule has 0 aliphatic carbocycles. The van der Waals surface area contributed by atoms with Crippen molar-refractivity contribution >= 4 is 34.0 Å². The molecule has 21 heavy (non-hydrogen) atoms. The topological polar surface area (TPSA) is 81.2 Å². The highest BCUT2D eigenvalue weighted by Gasteiger charge is 2.08. The predicted octanol–water partition coefficient (Wildman–Crippen LogP) is 3.31. The quantitative estimate of drug-likeness (QED) is 0.445. The number of anilines is 1. The van der Waals surface area contributed by atoms with Crippen LogP contribution < -0.4 is 11.1 Å². The number of benzene rings is 2. The Labute approximate surface area is 136 Å². The maximum Gasteiger partial charge on any atom is 0.270 e. The monoisotopic (exact) mass is 397 g/mol. The van der Waals surface area contributed by atoms with Crippen molar-refractivity contribution in [3.63, 3.8) is 0 Å². The van der Waals surface area contributed by atoms with Crippen LogP contribution in [0.4, 0.5) is 11.4 Å². The second-order valence-corrected chi connectivity index (χ2v) is 5.79. The first-order valence-electron chi connectivity index (χ1n) is 6.56. The summed E-state index contributed by atoms with van der Waals surface area (Å²) in [6.45, 7) is 1.33. The molecule has 0 saturated heterocycles. The molecule has 2 aromatic carbocycles. The summed E-state index contributed by atoms with van der Waals surface area (Å²) in [5.74, 6) is 0. The molecule has 0 aliphatic heterocycles. The highest BCUT2D eigenvalue weighted by Crippen LogP contribution is 2.24. The molecule has 0 amide bonds. The first-order chi connectivity index (χ1) is 10.1. The molecular weight excluding hydrogens is 381 g/mol. The van der Waals surface area contributed by atoms with Gasteiger partial charge in [0, 0.05) is 27.9 Å². The smallest absolute Gasteiger partial charge is 0.270 e. The van der Waals surface area contributed by atoms with Crippen molar-refractivity contribution in [3.05, 3.63) is 67.3 Å². The van der Waals surface area contributed by atoms with Crippen LogP contribution in [0.25, 0.3) is 0 Å². The van der Waals surface area contributed by atoms with E-state index in [4.69, 9.17) is 5.73 Å². The Bertz CT molecular complexity index is 629. The van der Waals surface area contributed by atoms with E-state index in [-0.39, 0.29) is 10.6 Å². The van der Waals surface area contributed by atoms with E-state index < -0.39 is 0 Å². The number of hydrogen-bond donors (Lipinski definition) is 2. The summed E-state index contributed by atoms with van der Waals surface area (Å²) >= 11 is 2.10. The molecule has 5 nitrogen and oxygen atoms in total. The lowest BCUT2D eigenvalue weighted by Crippen LogP contribution is -2.04. The van der Waals surface area contributed by atoms with Gasteiger partial charge in [0.05, 0.1) is 4.92 Å². The maximum atomic E-state index is 10.7. The summed E-state index contributed by atoms with van der Waals surface area (Å²) in [7, 11) is 0. The predicted molar refractivity (Wildman–Crippen MR) is 92.3 cm³/mol. The average molecular weight is 397 g/mol. The van der Waals surface area contributed by atoms with Gasteiger partial charge in [0.25, 0.3) is 5.69 Å². The summed E-state index contributed by atoms with van der Waals surface area (Å²) in [4.78, 5) is 10.3. The molecule has 0 heterocycles. The Morgan fingerprint density at radius 1 is 1.14 bits per heavy atom. The second-order valence-electron chi connectivity index (χ2n) is 4.63. The van der Waals surface area contributed by atoms with Gasteiger partial charge in [0.2, 0.25) is 0 Å². The van der Waals surface area contributed by atoms with Gasteiger partial charge in [-0.15, -0.1) is 0 Å². The maximum absolute atomic E-state index is 10.7. The second kappa shape index (κ2) is 7.37. The molecule has 6 heteroatoms. The van der Waals surface area contributed by atoms with Gasteiger partial charge < -0.3 is 11.1 Å². The number of rotatable bonds is 6. The largest absolute Gasteiger partial charge is 0.380 e. The first-order valence-corrected chi connectivity index (χ1v) is 7.63. The van der Waals surface area contributed by atoms with E-state index in [1.807, 2.05) is 0 Å². The van der Waals surface area contributed by atoms with Crippen molar-refractivity contribution in [1.82, 2.24) is 0 Å². The fraction of sp³-hybridized carbons (Fsp3) is 0.200. The number of nitrogens with two attached hydrogens (primary N) is 1. The first kappa shape index (κ1) is 15.7. The third-order valence-electron chi connectivity index (χ3n) is 3.10. The molecule has 0 aromatic heterocycles. The van der Waals surface area contributed by atoms with E-state index in [2.05, 4.69) is 52.2 Å². The zero-order valence-electron chi connectivity index (χ0n) is 11.4. The molecule has 0 radical (unpaired) electrons. The number of nitrogens with zero attached hydrogens (tertiary/aromatic N) is 1. The Hall–Kier alpha value is -1.67. The van der Waals surface area contributed by atoms with Gasteiger partial charge in [0.1, 0.15) is 0 Å². The summed E-state index contributed by atoms with van der Waals surface area (Å²) < 4.78 is 0.835. The van der Waals surface area contributed by atoms with Crippen LogP contribution in [0.15, 0.2) is 42.5 Å². The molecule has 2 aromatic rings. The van der Waals surface area contributed by atoms with Crippen LogP contribution in [0.1, 0.15) is 11.1 Å². The van der Waals surface area contributed by atoms with Crippen LogP contribution in [0.5, 0.6) is 0 Å². The summed E-state index contributed by atoms with van der Waals surface area (Å²) in [6, 6.07) is 13.1. The van der Waals surface area contributed by atoms with E-state index >= 15 is 0 Å². The van der Waals surface area contributed by atoms with Crippen LogP contribution in [-0.4, -0.2) is 11.5 Å². The van der Waals surface area contributed by atoms with Crippen molar-refractivity contribution in [2.75, 3.05) is 11.9 Å². The standard InChI is InChI=1S/C15H16IN3O2/c16-14-9-13(19(20)21)5-6-15(14)18-10-12-3-1-11(2-4-12)7-8-17/h1-6,9,18H,7-8,10,17H2. The molecule has 0 atom stereocenters. The fourth-order valence-electron chi connectivity index (χ4n) is 1.95. The summed E-state index contributed by atoms with van der Waals surface area (Å²) in [5, 5.41) is 14.0. The molecule has 2 rings (SSSR count). The van der Waals surface area contributed by atoms with Crippen molar-refractivity contribution in [3.8, 4) is 0 Å². The normalized spacial score (nSPS) is 10.4. The lowest BCUT2D eigenvalue weighted by atomic mass is 10.1. The van der Waals surface area contributed by atoms with E-state index in [1.165, 1.54) is 11.6 Å². The van der Waals surface area contributed by atoms with Crippen molar-refractivity contribution < 1.29 is 4.92 Å². The van der Waals surface area contributed by atoms with Gasteiger partial charge in [-0.3, -0.25) is 10.1 Å². The SMILES string of the molecule is NCCc1ccc(CNc2ccc([N+](=O)[O-])cc2I)cc1. The van der Waals surface area contributed by atoms with E-state index in [9.17, 15) is 10.1 Å². The highest BCUT2D eigenvalue weighted by molar-refractivity contribution is 14.1. The van der Waals surface area contributed by atoms with Crippen LogP contribution >= 0.6 is 22.6 Å². The van der Waals surface area contributed by atoms with Crippen LogP contribution in [0.2, 0.25) is 0 Å². The lowest BCUT2D eigenvalue weighted by Gasteiger charge is -2.09. The zero-order valence-corrected chi connectivity index (χ0v) is 13.5. The minimum absolute atomic E-state index is 0.107. The van der Waals surface area contributed by atoms with E-state index in [0.29, 0.717) is 13.1 Å². The molecule has 110 valence electrons. The Balaban J connectivity index is 2.01. The van der Waals surface area contributed by atoms with Gasteiger partial charge in [0.15, 0.2) is 0 Å². The third-order valence-corrected chi connectivity index (χ3v) is 3.99. The van der Waals surface area contributed by atoms with Crippen LogP contribution in [-0.2, 0) is 13.0 Å². The lowest BCUT2D eigenvalue weighted by molar-refractivity contribution is -0.384. The van der Waals surface area contributed by atoms with Gasteiger partial charge in [-0.1, -0.05) is 24.3 Å². The Morgan fingerprint density at radius 3 is 2.38 bits per heavy atom. The number of halogens is 1. The molecule has 0 spiro atoms. The fourth-order valence-corrected chi connectivity index (χ4v) is 2.64. The molecule has 3 N–H and O–H groups in total. The molecule has 0 bridgehead atoms. The van der Waals surface area contributed by atoms with E-state index in [0.717, 1.165) is 21.2 Å². The molecule has 0 saturated carbocycles. The van der Waals surface area contributed by atoms with Gasteiger partial charge >= 0.3 is 0 Å². The molecule has 0 unspecified atom stereocenters. The van der Waals surface area contributed by atoms with Crippen molar-refractivity contribution in [2.45, 2.75) is 13.0 Å². The summed E-state index contributed by atoms with van der Waals surface area (Å²) in [5.41, 5.74) is 8.91. The molecular formula is C15H16IN3O2. The number of hydrogen-bond acceptors (Lipinski definition) is 4. The number of non-ortho nitro benzene ring substituents is 1. The van der Waals surface area contributed by atoms with Crippen molar-refractivity contribution in [2.24, 2.45) is 5.73 Å². The number of nitro groups is 1. The minimum Gasteiger partial charge on any atom is -0.380 e. The summed E-state index contributed by atoms with van der Waals surface area (Å²) in [6.07, 6.45) is 0.883. The van der Waals surface area contributed by atoms with Crippen molar-refractivity contribution in [1.29, 1.82) is 0 Å². The molecule has 0 aliphatic rings. The third kappa shape index (κ3) is 4.40. The average Bonchev–Trinajstić information content (AvgIpc) is 2.47. The van der Waals surface area contributed by atoms with E-state index in [1.54, 1.807) is 12.1 Å². The van der Waals surface area contributed by atoms with Crippen LogP contribution in [0.3, 0.4) is 0 Å². The Kier molecular flexibility index (Phi) is 5.51.